The molecule has 4 heterocycles. The monoisotopic (exact) mass is 838 g/mol. The number of pyridine rings is 1. The third-order valence-electron chi connectivity index (χ3n) is 11.2. The van der Waals surface area contributed by atoms with E-state index in [1.807, 2.05) is 6.08 Å². The number of rotatable bonds is 8. The average Bonchev–Trinajstić information content (AvgIpc) is 4.07. The number of halogens is 3. The third-order valence-corrected chi connectivity index (χ3v) is 13.0. The second-order valence-electron chi connectivity index (χ2n) is 15.5. The lowest BCUT2D eigenvalue weighted by atomic mass is 10.0. The maximum atomic E-state index is 14.6. The number of aryl methyl sites for hydroxylation is 1. The second-order valence-corrected chi connectivity index (χ2v) is 17.5. The van der Waals surface area contributed by atoms with Crippen LogP contribution in [0, 0.1) is 12.8 Å². The summed E-state index contributed by atoms with van der Waals surface area (Å²) in [6.45, 7) is 1.43. The van der Waals surface area contributed by atoms with E-state index in [1.165, 1.54) is 23.1 Å². The smallest absolute Gasteiger partial charge is 0.472 e. The van der Waals surface area contributed by atoms with Crippen LogP contribution < -0.4 is 24.8 Å². The number of nitrogens with zero attached hydrogens (tertiary/aromatic N) is 3. The number of aromatic nitrogens is 2. The number of hydrogen-bond acceptors (Lipinski definition) is 11. The molecule has 2 aliphatic heterocycles. The van der Waals surface area contributed by atoms with Crippen LogP contribution >= 0.6 is 0 Å². The molecule has 4 aromatic rings. The first kappa shape index (κ1) is 40.1. The molecular weight excluding hydrogens is 798 g/mol. The molecule has 1 saturated heterocycles. The number of benzene rings is 2. The molecule has 312 valence electrons. The fraction of sp³-hybridized carbons (Fsp3) is 0.450. The van der Waals surface area contributed by atoms with Gasteiger partial charge in [-0.25, -0.2) is 13.4 Å². The van der Waals surface area contributed by atoms with E-state index < -0.39 is 80.7 Å². The summed E-state index contributed by atoms with van der Waals surface area (Å²) < 4.78 is 83.0. The molecule has 15 nitrogen and oxygen atoms in total. The Bertz CT molecular complexity index is 2470. The molecule has 2 saturated carbocycles. The molecule has 19 heteroatoms. The zero-order valence-corrected chi connectivity index (χ0v) is 32.6. The molecule has 0 spiro atoms. The van der Waals surface area contributed by atoms with Crippen molar-refractivity contribution in [2.75, 3.05) is 6.54 Å². The lowest BCUT2D eigenvalue weighted by Crippen LogP contribution is -2.58. The largest absolute Gasteiger partial charge is 0.573 e. The van der Waals surface area contributed by atoms with Crippen molar-refractivity contribution >= 4 is 55.3 Å². The van der Waals surface area contributed by atoms with Gasteiger partial charge in [-0.3, -0.25) is 23.9 Å². The summed E-state index contributed by atoms with van der Waals surface area (Å²) in [7, 11) is -3.97. The number of carbonyl (C=O) groups is 4. The molecule has 3 N–H and O–H groups in total. The predicted molar refractivity (Wildman–Crippen MR) is 204 cm³/mol. The van der Waals surface area contributed by atoms with Crippen LogP contribution in [0.4, 0.5) is 13.2 Å². The zero-order chi connectivity index (χ0) is 41.7. The van der Waals surface area contributed by atoms with E-state index in [4.69, 9.17) is 9.26 Å². The van der Waals surface area contributed by atoms with E-state index in [1.54, 1.807) is 37.3 Å². The van der Waals surface area contributed by atoms with Crippen LogP contribution in [0.25, 0.3) is 21.7 Å². The van der Waals surface area contributed by atoms with Gasteiger partial charge in [0, 0.05) is 35.2 Å². The molecule has 3 fully saturated rings. The summed E-state index contributed by atoms with van der Waals surface area (Å²) in [5, 5.41) is 10.3. The van der Waals surface area contributed by atoms with Gasteiger partial charge in [0.15, 0.2) is 5.69 Å². The van der Waals surface area contributed by atoms with Crippen molar-refractivity contribution in [1.82, 2.24) is 30.4 Å². The van der Waals surface area contributed by atoms with Gasteiger partial charge in [-0.2, -0.15) is 0 Å². The Morgan fingerprint density at radius 1 is 1.02 bits per heavy atom. The molecule has 0 bridgehead atoms. The maximum Gasteiger partial charge on any atom is 0.573 e. The van der Waals surface area contributed by atoms with Crippen LogP contribution in [-0.2, 0) is 24.4 Å². The van der Waals surface area contributed by atoms with E-state index in [0.717, 1.165) is 12.5 Å². The minimum Gasteiger partial charge on any atom is -0.472 e. The van der Waals surface area contributed by atoms with Gasteiger partial charge in [0.2, 0.25) is 27.7 Å². The second kappa shape index (κ2) is 15.5. The number of sulfonamides is 1. The minimum atomic E-state index is -4.94. The van der Waals surface area contributed by atoms with Gasteiger partial charge in [0.25, 0.3) is 11.8 Å². The normalized spacial score (nSPS) is 25.9. The summed E-state index contributed by atoms with van der Waals surface area (Å²) in [6, 6.07) is 9.78. The molecule has 2 aromatic carbocycles. The molecular formula is C40H41F3N6O9S. The summed E-state index contributed by atoms with van der Waals surface area (Å²) in [5.74, 6) is -3.47. The molecule has 2 aliphatic carbocycles. The van der Waals surface area contributed by atoms with Gasteiger partial charge in [-0.15, -0.1) is 13.2 Å². The van der Waals surface area contributed by atoms with Gasteiger partial charge in [-0.05, 0) is 69.0 Å². The van der Waals surface area contributed by atoms with E-state index >= 15 is 0 Å². The predicted octanol–water partition coefficient (Wildman–Crippen LogP) is 4.73. The number of allylic oxidation sites excluding steroid dienone is 1. The zero-order valence-electron chi connectivity index (χ0n) is 31.8. The molecule has 4 amide bonds. The SMILES string of the molecule is Cc1cc(C(=O)N[C@H]2CCCCC/C=C\[C@@H]3C[C@@]3(C(=O)NS(=O)(=O)C3CC3)NC(=O)[C@@H]3C[C@@H](Oc4nc5cc(OC(F)(F)F)ccc5c5ccccc45)CN3C2=O)no1. The number of carbonyl (C=O) groups excluding carboxylic acids is 4. The first-order valence-electron chi connectivity index (χ1n) is 19.4. The van der Waals surface area contributed by atoms with Gasteiger partial charge >= 0.3 is 6.36 Å². The van der Waals surface area contributed by atoms with Gasteiger partial charge in [0.1, 0.15) is 35.2 Å². The summed E-state index contributed by atoms with van der Waals surface area (Å²) in [4.78, 5) is 62.1. The van der Waals surface area contributed by atoms with Crippen LogP contribution in [-0.4, -0.2) is 89.0 Å². The molecule has 0 radical (unpaired) electrons. The average molecular weight is 839 g/mol. The Labute approximate surface area is 336 Å². The molecule has 5 atom stereocenters. The Morgan fingerprint density at radius 2 is 1.80 bits per heavy atom. The Kier molecular flexibility index (Phi) is 10.5. The standard InChI is InChI=1S/C40H41F3N6O9S/c1-22-17-32(47-58-22)34(50)44-30-12-6-4-2-3-5-9-23-20-39(23,38(53)48-59(54,55)26-14-15-26)46-35(51)33-19-25(21-49(33)37(30)52)56-36-29-11-8-7-10-27(29)28-16-13-24(18-31(28)45-36)57-40(41,42)43/h5,7-11,13,16-18,23,25-26,30,33H,2-4,6,12,14-15,19-21H2,1H3,(H,44,50)(H,46,51)(H,48,53)/b9-5-/t23-,25-,30+,33+,39-/m1/s1. The summed E-state index contributed by atoms with van der Waals surface area (Å²) in [5.41, 5.74) is -1.51. The summed E-state index contributed by atoms with van der Waals surface area (Å²) >= 11 is 0. The van der Waals surface area contributed by atoms with Gasteiger partial charge in [0.05, 0.1) is 17.3 Å². The minimum absolute atomic E-state index is 0.0256. The lowest BCUT2D eigenvalue weighted by Gasteiger charge is -2.29. The highest BCUT2D eigenvalue weighted by atomic mass is 32.2. The Hall–Kier alpha value is -5.72. The Morgan fingerprint density at radius 3 is 2.53 bits per heavy atom. The van der Waals surface area contributed by atoms with Crippen LogP contribution in [0.15, 0.2) is 65.2 Å². The number of hydrogen-bond donors (Lipinski definition) is 3. The van der Waals surface area contributed by atoms with Gasteiger partial charge < -0.3 is 29.5 Å². The third kappa shape index (κ3) is 8.56. The highest BCUT2D eigenvalue weighted by molar-refractivity contribution is 7.91. The highest BCUT2D eigenvalue weighted by Gasteiger charge is 2.62. The van der Waals surface area contributed by atoms with E-state index in [-0.39, 0.29) is 42.9 Å². The maximum absolute atomic E-state index is 14.6. The number of nitrogens with one attached hydrogen (secondary N) is 3. The van der Waals surface area contributed by atoms with E-state index in [9.17, 15) is 40.8 Å². The molecule has 0 unspecified atom stereocenters. The van der Waals surface area contributed by atoms with Crippen LogP contribution in [0.5, 0.6) is 11.6 Å². The van der Waals surface area contributed by atoms with Crippen molar-refractivity contribution in [2.24, 2.45) is 5.92 Å². The van der Waals surface area contributed by atoms with Crippen LogP contribution in [0.3, 0.4) is 0 Å². The fourth-order valence-electron chi connectivity index (χ4n) is 7.90. The van der Waals surface area contributed by atoms with Crippen molar-refractivity contribution in [3.63, 3.8) is 0 Å². The number of alkyl halides is 3. The van der Waals surface area contributed by atoms with Crippen LogP contribution in [0.1, 0.15) is 74.0 Å². The van der Waals surface area contributed by atoms with Crippen molar-refractivity contribution in [1.29, 1.82) is 0 Å². The quantitative estimate of drug-likeness (QED) is 0.164. The summed E-state index contributed by atoms with van der Waals surface area (Å²) in [6.07, 6.45) is 1.48. The Balaban J connectivity index is 1.13. The topological polar surface area (TPSA) is 199 Å². The van der Waals surface area contributed by atoms with E-state index in [0.29, 0.717) is 54.0 Å². The fourth-order valence-corrected chi connectivity index (χ4v) is 9.27. The van der Waals surface area contributed by atoms with Crippen LogP contribution in [0.2, 0.25) is 0 Å². The number of fused-ring (bicyclic) bond motifs is 5. The van der Waals surface area contributed by atoms with Crippen molar-refractivity contribution in [3.8, 4) is 11.6 Å². The first-order chi connectivity index (χ1) is 28.1. The van der Waals surface area contributed by atoms with Crippen molar-refractivity contribution in [3.05, 3.63) is 72.1 Å². The highest BCUT2D eigenvalue weighted by Crippen LogP contribution is 2.46. The van der Waals surface area contributed by atoms with Gasteiger partial charge in [-0.1, -0.05) is 48.3 Å². The van der Waals surface area contributed by atoms with E-state index in [2.05, 4.69) is 30.2 Å². The molecule has 2 aromatic heterocycles. The first-order valence-corrected chi connectivity index (χ1v) is 21.0. The molecule has 4 aliphatic rings. The van der Waals surface area contributed by atoms with Crippen molar-refractivity contribution < 1.29 is 54.8 Å². The number of ether oxygens (including phenoxy) is 2. The molecule has 59 heavy (non-hydrogen) atoms. The van der Waals surface area contributed by atoms with Crippen molar-refractivity contribution in [2.45, 2.75) is 100 Å². The molecule has 8 rings (SSSR count). The number of amides is 4. The lowest BCUT2D eigenvalue weighted by molar-refractivity contribution is -0.274.